The molecule has 3 heteroatoms. The van der Waals surface area contributed by atoms with Gasteiger partial charge >= 0.3 is 0 Å². The van der Waals surface area contributed by atoms with E-state index in [-0.39, 0.29) is 0 Å². The van der Waals surface area contributed by atoms with Crippen molar-refractivity contribution in [3.8, 4) is 33.4 Å². The third-order valence-electron chi connectivity index (χ3n) is 10.8. The van der Waals surface area contributed by atoms with Crippen LogP contribution in [0.3, 0.4) is 0 Å². The first-order valence-corrected chi connectivity index (χ1v) is 19.5. The molecule has 0 aliphatic carbocycles. The van der Waals surface area contributed by atoms with Gasteiger partial charge in [0.25, 0.3) is 0 Å². The Morgan fingerprint density at radius 2 is 0.964 bits per heavy atom. The van der Waals surface area contributed by atoms with E-state index in [0.29, 0.717) is 0 Å². The van der Waals surface area contributed by atoms with Crippen LogP contribution in [0.5, 0.6) is 0 Å². The second kappa shape index (κ2) is 12.9. The van der Waals surface area contributed by atoms with Gasteiger partial charge in [-0.2, -0.15) is 0 Å². The van der Waals surface area contributed by atoms with Crippen molar-refractivity contribution in [3.63, 3.8) is 0 Å². The zero-order chi connectivity index (χ0) is 36.3. The van der Waals surface area contributed by atoms with Gasteiger partial charge in [-0.15, -0.1) is 11.3 Å². The van der Waals surface area contributed by atoms with Crippen LogP contribution < -0.4 is 4.90 Å². The van der Waals surface area contributed by atoms with Crippen molar-refractivity contribution in [2.24, 2.45) is 0 Å². The van der Waals surface area contributed by atoms with E-state index in [1.165, 1.54) is 53.2 Å². The van der Waals surface area contributed by atoms with Crippen molar-refractivity contribution in [1.29, 1.82) is 0 Å². The monoisotopic (exact) mass is 719 g/mol. The molecule has 0 radical (unpaired) electrons. The van der Waals surface area contributed by atoms with E-state index < -0.39 is 0 Å². The van der Waals surface area contributed by atoms with Gasteiger partial charge in [0.05, 0.1) is 0 Å². The minimum atomic E-state index is 0.902. The topological polar surface area (TPSA) is 16.4 Å². The molecule has 0 aliphatic heterocycles. The Bertz CT molecular complexity index is 3220. The van der Waals surface area contributed by atoms with E-state index in [1.807, 2.05) is 23.5 Å². The predicted molar refractivity (Wildman–Crippen MR) is 235 cm³/mol. The van der Waals surface area contributed by atoms with Crippen LogP contribution in [0.25, 0.3) is 86.3 Å². The number of nitrogens with zero attached hydrogens (tertiary/aromatic N) is 1. The SMILES string of the molecule is c1cc(-c2ccc3sc4ccccc4c3c2)cc(N(c2ccc(-c3ccc4ccccc4c3)cc2)c2cccc(-c3cccc4c3oc3ccccc34)c2)c1. The summed E-state index contributed by atoms with van der Waals surface area (Å²) in [5.74, 6) is 0. The highest BCUT2D eigenvalue weighted by Crippen LogP contribution is 2.42. The van der Waals surface area contributed by atoms with Crippen molar-refractivity contribution >= 4 is 81.3 Å². The van der Waals surface area contributed by atoms with Gasteiger partial charge in [0.1, 0.15) is 11.2 Å². The molecule has 55 heavy (non-hydrogen) atoms. The van der Waals surface area contributed by atoms with E-state index in [4.69, 9.17) is 4.42 Å². The smallest absolute Gasteiger partial charge is 0.143 e. The molecular formula is C52H33NOS. The number of anilines is 3. The van der Waals surface area contributed by atoms with Gasteiger partial charge in [-0.05, 0) is 105 Å². The molecule has 2 aromatic heterocycles. The quantitative estimate of drug-likeness (QED) is 0.170. The Labute approximate surface area is 322 Å². The van der Waals surface area contributed by atoms with Crippen molar-refractivity contribution in [3.05, 3.63) is 200 Å². The van der Waals surface area contributed by atoms with E-state index in [9.17, 15) is 0 Å². The number of para-hydroxylation sites is 2. The molecule has 9 aromatic carbocycles. The average molecular weight is 720 g/mol. The fraction of sp³-hybridized carbons (Fsp3) is 0. The van der Waals surface area contributed by atoms with Crippen LogP contribution in [-0.4, -0.2) is 0 Å². The number of benzene rings is 9. The summed E-state index contributed by atoms with van der Waals surface area (Å²) in [6.45, 7) is 0. The van der Waals surface area contributed by atoms with Crippen LogP contribution in [0, 0.1) is 0 Å². The van der Waals surface area contributed by atoms with Gasteiger partial charge in [-0.1, -0.05) is 133 Å². The highest BCUT2D eigenvalue weighted by Gasteiger charge is 2.18. The summed E-state index contributed by atoms with van der Waals surface area (Å²) in [6, 6.07) is 72.3. The Morgan fingerprint density at radius 1 is 0.345 bits per heavy atom. The number of rotatable bonds is 6. The van der Waals surface area contributed by atoms with Crippen molar-refractivity contribution < 1.29 is 4.42 Å². The second-order valence-electron chi connectivity index (χ2n) is 14.1. The Hall–Kier alpha value is -6.94. The molecule has 11 aromatic rings. The molecule has 2 heterocycles. The maximum Gasteiger partial charge on any atom is 0.143 e. The van der Waals surface area contributed by atoms with Crippen LogP contribution in [0.4, 0.5) is 17.1 Å². The van der Waals surface area contributed by atoms with Crippen LogP contribution in [0.1, 0.15) is 0 Å². The first-order valence-electron chi connectivity index (χ1n) is 18.7. The first kappa shape index (κ1) is 31.6. The van der Waals surface area contributed by atoms with E-state index in [0.717, 1.165) is 50.1 Å². The molecule has 0 aliphatic rings. The van der Waals surface area contributed by atoms with Crippen molar-refractivity contribution in [2.75, 3.05) is 4.90 Å². The summed E-state index contributed by atoms with van der Waals surface area (Å²) >= 11 is 1.85. The summed E-state index contributed by atoms with van der Waals surface area (Å²) < 4.78 is 9.12. The minimum absolute atomic E-state index is 0.902. The third kappa shape index (κ3) is 5.48. The third-order valence-corrected chi connectivity index (χ3v) is 12.0. The standard InChI is InChI=1S/C52H33NOS/c1-2-11-36-30-38(23-22-34(36)10-1)35-24-27-41(28-25-35)53(42-14-7-12-37(31-42)39-26-29-51-48(33-39)46-17-4-6-21-50(46)55-51)43-15-8-13-40(32-43)44-18-9-19-47-45-16-3-5-20-49(45)54-52(44)47/h1-33H. The van der Waals surface area contributed by atoms with Gasteiger partial charge in [-0.3, -0.25) is 0 Å². The van der Waals surface area contributed by atoms with Crippen LogP contribution >= 0.6 is 11.3 Å². The number of thiophene rings is 1. The molecule has 0 fully saturated rings. The average Bonchev–Trinajstić information content (AvgIpc) is 3.82. The largest absolute Gasteiger partial charge is 0.455 e. The lowest BCUT2D eigenvalue weighted by atomic mass is 9.99. The summed E-state index contributed by atoms with van der Waals surface area (Å²) in [5.41, 5.74) is 12.0. The lowest BCUT2D eigenvalue weighted by Crippen LogP contribution is -2.10. The van der Waals surface area contributed by atoms with E-state index in [2.05, 4.69) is 193 Å². The minimum Gasteiger partial charge on any atom is -0.455 e. The Balaban J connectivity index is 1.05. The summed E-state index contributed by atoms with van der Waals surface area (Å²) in [4.78, 5) is 2.37. The first-order chi connectivity index (χ1) is 27.2. The molecule has 0 unspecified atom stereocenters. The van der Waals surface area contributed by atoms with Gasteiger partial charge in [0.15, 0.2) is 0 Å². The number of fused-ring (bicyclic) bond motifs is 7. The summed E-state index contributed by atoms with van der Waals surface area (Å²) in [6.07, 6.45) is 0. The zero-order valence-corrected chi connectivity index (χ0v) is 30.6. The van der Waals surface area contributed by atoms with Gasteiger partial charge < -0.3 is 9.32 Å². The van der Waals surface area contributed by atoms with Crippen molar-refractivity contribution in [2.45, 2.75) is 0 Å². The molecule has 0 amide bonds. The molecule has 0 atom stereocenters. The van der Waals surface area contributed by atoms with Gasteiger partial charge in [0.2, 0.25) is 0 Å². The molecule has 0 spiro atoms. The lowest BCUT2D eigenvalue weighted by Gasteiger charge is -2.27. The van der Waals surface area contributed by atoms with Crippen LogP contribution in [0.2, 0.25) is 0 Å². The maximum absolute atomic E-state index is 6.49. The Kier molecular flexibility index (Phi) is 7.39. The number of hydrogen-bond acceptors (Lipinski definition) is 3. The maximum atomic E-state index is 6.49. The van der Waals surface area contributed by atoms with Crippen LogP contribution in [-0.2, 0) is 0 Å². The zero-order valence-electron chi connectivity index (χ0n) is 29.8. The van der Waals surface area contributed by atoms with Gasteiger partial charge in [-0.25, -0.2) is 0 Å². The molecule has 0 N–H and O–H groups in total. The molecule has 11 rings (SSSR count). The molecular weight excluding hydrogens is 687 g/mol. The molecule has 2 nitrogen and oxygen atoms in total. The fourth-order valence-electron chi connectivity index (χ4n) is 8.14. The highest BCUT2D eigenvalue weighted by molar-refractivity contribution is 7.25. The predicted octanol–water partition coefficient (Wildman–Crippen LogP) is 15.6. The summed E-state index contributed by atoms with van der Waals surface area (Å²) in [5, 5.41) is 7.37. The normalized spacial score (nSPS) is 11.6. The molecule has 258 valence electrons. The molecule has 0 bridgehead atoms. The van der Waals surface area contributed by atoms with Crippen molar-refractivity contribution in [1.82, 2.24) is 0 Å². The van der Waals surface area contributed by atoms with Gasteiger partial charge in [0, 0.05) is 53.6 Å². The molecule has 0 saturated carbocycles. The number of furan rings is 1. The Morgan fingerprint density at radius 3 is 1.84 bits per heavy atom. The number of hydrogen-bond donors (Lipinski definition) is 0. The highest BCUT2D eigenvalue weighted by atomic mass is 32.1. The van der Waals surface area contributed by atoms with Crippen LogP contribution in [0.15, 0.2) is 205 Å². The molecule has 0 saturated heterocycles. The second-order valence-corrected chi connectivity index (χ2v) is 15.2. The van der Waals surface area contributed by atoms with E-state index in [1.54, 1.807) is 0 Å². The lowest BCUT2D eigenvalue weighted by molar-refractivity contribution is 0.670. The van der Waals surface area contributed by atoms with E-state index >= 15 is 0 Å². The summed E-state index contributed by atoms with van der Waals surface area (Å²) in [7, 11) is 0. The fourth-order valence-corrected chi connectivity index (χ4v) is 9.22.